The number of amides is 3. The van der Waals surface area contributed by atoms with E-state index in [2.05, 4.69) is 20.6 Å². The molecule has 1 saturated carbocycles. The number of carbonyl (C=O) groups is 2. The summed E-state index contributed by atoms with van der Waals surface area (Å²) < 4.78 is 10.7. The van der Waals surface area contributed by atoms with Gasteiger partial charge < -0.3 is 20.1 Å². The molecule has 10 nitrogen and oxygen atoms in total. The number of nitrogens with one attached hydrogen (secondary N) is 2. The lowest BCUT2D eigenvalue weighted by Gasteiger charge is -2.36. The summed E-state index contributed by atoms with van der Waals surface area (Å²) in [6, 6.07) is 1.22. The number of ether oxygens (including phenoxy) is 2. The third kappa shape index (κ3) is 4.90. The van der Waals surface area contributed by atoms with Crippen molar-refractivity contribution in [3.63, 3.8) is 0 Å². The van der Waals surface area contributed by atoms with Crippen LogP contribution in [0.3, 0.4) is 0 Å². The quantitative estimate of drug-likeness (QED) is 0.583. The molecule has 188 valence electrons. The summed E-state index contributed by atoms with van der Waals surface area (Å²) in [5.74, 6) is 1.49. The summed E-state index contributed by atoms with van der Waals surface area (Å²) in [6.07, 6.45) is 5.57. The van der Waals surface area contributed by atoms with Crippen LogP contribution < -0.4 is 29.9 Å². The van der Waals surface area contributed by atoms with Gasteiger partial charge in [0.15, 0.2) is 0 Å². The number of benzene rings is 1. The molecule has 1 aromatic carbocycles. The molecule has 1 aromatic heterocycles. The molecule has 0 spiro atoms. The maximum Gasteiger partial charge on any atom is 0.330 e. The van der Waals surface area contributed by atoms with Crippen LogP contribution >= 0.6 is 23.2 Å². The molecule has 3 amide bonds. The molecule has 2 atom stereocenters. The summed E-state index contributed by atoms with van der Waals surface area (Å²) >= 11 is 13.1. The fourth-order valence-electron chi connectivity index (χ4n) is 4.57. The zero-order valence-electron chi connectivity index (χ0n) is 20.0. The first-order valence-corrected chi connectivity index (χ1v) is 12.1. The Kier molecular flexibility index (Phi) is 7.42. The average Bonchev–Trinajstić information content (AvgIpc) is 2.83. The van der Waals surface area contributed by atoms with Crippen molar-refractivity contribution in [2.75, 3.05) is 36.4 Å². The molecule has 1 aliphatic carbocycles. The van der Waals surface area contributed by atoms with E-state index in [4.69, 9.17) is 32.7 Å². The van der Waals surface area contributed by atoms with Crippen LogP contribution in [0, 0.1) is 0 Å². The lowest BCUT2D eigenvalue weighted by Crippen LogP contribution is -2.48. The number of rotatable bonds is 6. The van der Waals surface area contributed by atoms with E-state index in [0.29, 0.717) is 28.8 Å². The molecule has 1 fully saturated rings. The number of nitrogens with zero attached hydrogens (tertiary/aromatic N) is 4. The van der Waals surface area contributed by atoms with Gasteiger partial charge in [0.1, 0.15) is 27.4 Å². The molecular weight excluding hydrogens is 495 g/mol. The second-order valence-electron chi connectivity index (χ2n) is 8.57. The van der Waals surface area contributed by atoms with Crippen molar-refractivity contribution in [3.05, 3.63) is 27.9 Å². The van der Waals surface area contributed by atoms with Crippen LogP contribution in [0.5, 0.6) is 11.5 Å². The smallest absolute Gasteiger partial charge is 0.330 e. The van der Waals surface area contributed by atoms with Gasteiger partial charge in [-0.15, -0.1) is 0 Å². The van der Waals surface area contributed by atoms with Gasteiger partial charge in [0, 0.05) is 43.9 Å². The standard InChI is InChI=1S/C23H28Cl2N6O4/c1-12(32)27-14-7-5-6-8-15(14)28-22-26-10-13-11-31(23(33)30(2)21(13)29-22)20-18(24)16(34-3)9-17(35-4)19(20)25/h9-10,14-15H,5-8,11H2,1-4H3,(H,27,32)(H,26,28,29). The molecule has 2 aliphatic rings. The Morgan fingerprint density at radius 1 is 1.11 bits per heavy atom. The van der Waals surface area contributed by atoms with E-state index in [1.54, 1.807) is 19.3 Å². The minimum atomic E-state index is -0.366. The summed E-state index contributed by atoms with van der Waals surface area (Å²) in [5, 5.41) is 6.76. The number of methoxy groups -OCH3 is 2. The SMILES string of the molecule is COc1cc(OC)c(Cl)c(N2Cc3cnc(NC4CCCCC4NC(C)=O)nc3N(C)C2=O)c1Cl. The first kappa shape index (κ1) is 25.1. The number of hydrogen-bond donors (Lipinski definition) is 2. The van der Waals surface area contributed by atoms with Crippen molar-refractivity contribution in [2.45, 2.75) is 51.2 Å². The normalized spacial score (nSPS) is 19.8. The van der Waals surface area contributed by atoms with Crippen LogP contribution in [0.1, 0.15) is 38.2 Å². The van der Waals surface area contributed by atoms with E-state index >= 15 is 0 Å². The van der Waals surface area contributed by atoms with Crippen molar-refractivity contribution in [1.82, 2.24) is 15.3 Å². The largest absolute Gasteiger partial charge is 0.495 e. The molecule has 2 aromatic rings. The Balaban J connectivity index is 1.63. The first-order chi connectivity index (χ1) is 16.7. The lowest BCUT2D eigenvalue weighted by molar-refractivity contribution is -0.119. The van der Waals surface area contributed by atoms with Crippen LogP contribution in [0.4, 0.5) is 22.2 Å². The van der Waals surface area contributed by atoms with Crippen LogP contribution in [0.15, 0.2) is 12.3 Å². The molecule has 4 rings (SSSR count). The van der Waals surface area contributed by atoms with Crippen LogP contribution in [-0.2, 0) is 11.3 Å². The maximum absolute atomic E-state index is 13.4. The highest BCUT2D eigenvalue weighted by molar-refractivity contribution is 6.42. The lowest BCUT2D eigenvalue weighted by atomic mass is 9.90. The Morgan fingerprint density at radius 3 is 2.34 bits per heavy atom. The van der Waals surface area contributed by atoms with Gasteiger partial charge >= 0.3 is 6.03 Å². The number of anilines is 3. The number of fused-ring (bicyclic) bond motifs is 1. The summed E-state index contributed by atoms with van der Waals surface area (Å²) in [7, 11) is 4.58. The highest BCUT2D eigenvalue weighted by Crippen LogP contribution is 2.47. The van der Waals surface area contributed by atoms with Gasteiger partial charge in [-0.2, -0.15) is 4.98 Å². The fraction of sp³-hybridized carbons (Fsp3) is 0.478. The highest BCUT2D eigenvalue weighted by atomic mass is 35.5. The monoisotopic (exact) mass is 522 g/mol. The Bertz CT molecular complexity index is 1120. The molecule has 1 aliphatic heterocycles. The predicted molar refractivity (Wildman–Crippen MR) is 135 cm³/mol. The van der Waals surface area contributed by atoms with Gasteiger partial charge in [-0.1, -0.05) is 36.0 Å². The number of hydrogen-bond acceptors (Lipinski definition) is 7. The Hall–Kier alpha value is -2.98. The molecule has 0 saturated heterocycles. The molecule has 35 heavy (non-hydrogen) atoms. The molecule has 2 heterocycles. The van der Waals surface area contributed by atoms with E-state index < -0.39 is 0 Å². The number of aromatic nitrogens is 2. The minimum Gasteiger partial charge on any atom is -0.495 e. The Morgan fingerprint density at radius 2 is 1.74 bits per heavy atom. The average molecular weight is 523 g/mol. The van der Waals surface area contributed by atoms with Crippen LogP contribution in [0.25, 0.3) is 0 Å². The Labute approximate surface area is 213 Å². The maximum atomic E-state index is 13.4. The number of carbonyl (C=O) groups excluding carboxylic acids is 2. The van der Waals surface area contributed by atoms with Crippen LogP contribution in [0.2, 0.25) is 10.0 Å². The van der Waals surface area contributed by atoms with Crippen molar-refractivity contribution < 1.29 is 19.1 Å². The zero-order chi connectivity index (χ0) is 25.3. The van der Waals surface area contributed by atoms with Gasteiger partial charge in [-0.05, 0) is 12.8 Å². The van der Waals surface area contributed by atoms with Crippen molar-refractivity contribution >= 4 is 52.6 Å². The molecule has 0 bridgehead atoms. The van der Waals surface area contributed by atoms with Crippen LogP contribution in [-0.4, -0.2) is 55.3 Å². The molecular formula is C23H28Cl2N6O4. The van der Waals surface area contributed by atoms with E-state index in [-0.39, 0.29) is 46.3 Å². The van der Waals surface area contributed by atoms with E-state index in [0.717, 1.165) is 25.7 Å². The van der Waals surface area contributed by atoms with Gasteiger partial charge in [0.05, 0.1) is 26.5 Å². The van der Waals surface area contributed by atoms with E-state index in [1.165, 1.54) is 30.9 Å². The van der Waals surface area contributed by atoms with Gasteiger partial charge in [-0.25, -0.2) is 9.78 Å². The second kappa shape index (κ2) is 10.3. The van der Waals surface area contributed by atoms with Gasteiger partial charge in [0.25, 0.3) is 0 Å². The second-order valence-corrected chi connectivity index (χ2v) is 9.33. The predicted octanol–water partition coefficient (Wildman–Crippen LogP) is 4.24. The van der Waals surface area contributed by atoms with Crippen molar-refractivity contribution in [3.8, 4) is 11.5 Å². The number of halogens is 2. The third-order valence-corrected chi connectivity index (χ3v) is 7.03. The van der Waals surface area contributed by atoms with Crippen molar-refractivity contribution in [2.24, 2.45) is 0 Å². The minimum absolute atomic E-state index is 0.00283. The third-order valence-electron chi connectivity index (χ3n) is 6.30. The molecule has 12 heteroatoms. The van der Waals surface area contributed by atoms with Crippen molar-refractivity contribution in [1.29, 1.82) is 0 Å². The van der Waals surface area contributed by atoms with Gasteiger partial charge in [-0.3, -0.25) is 14.6 Å². The summed E-state index contributed by atoms with van der Waals surface area (Å²) in [5.41, 5.74) is 1.00. The number of urea groups is 1. The summed E-state index contributed by atoms with van der Waals surface area (Å²) in [4.78, 5) is 37.0. The molecule has 2 N–H and O–H groups in total. The summed E-state index contributed by atoms with van der Waals surface area (Å²) in [6.45, 7) is 1.68. The van der Waals surface area contributed by atoms with E-state index in [1.807, 2.05) is 0 Å². The highest BCUT2D eigenvalue weighted by Gasteiger charge is 2.35. The van der Waals surface area contributed by atoms with Gasteiger partial charge in [0.2, 0.25) is 11.9 Å². The topological polar surface area (TPSA) is 109 Å². The molecule has 2 unspecified atom stereocenters. The fourth-order valence-corrected chi connectivity index (χ4v) is 5.27. The zero-order valence-corrected chi connectivity index (χ0v) is 21.5. The first-order valence-electron chi connectivity index (χ1n) is 11.3. The molecule has 0 radical (unpaired) electrons. The van der Waals surface area contributed by atoms with E-state index in [9.17, 15) is 9.59 Å².